The van der Waals surface area contributed by atoms with E-state index in [0.717, 1.165) is 23.8 Å². The minimum absolute atomic E-state index is 0.107. The zero-order chi connectivity index (χ0) is 20.6. The summed E-state index contributed by atoms with van der Waals surface area (Å²) in [6.45, 7) is 0.317. The molecular weight excluding hydrogens is 393 g/mol. The maximum Gasteiger partial charge on any atom is 0.238 e. The Labute approximate surface area is 168 Å². The second-order valence-electron chi connectivity index (χ2n) is 7.14. The number of aliphatic hydroxyl groups is 1. The standard InChI is InChI=1S/C22H20FNO4S/c23-17-7-9-21(29(24,26)27)19(12-17)15-6-8-18-20(11-15)28-13-16(22(18)25)10-14-4-2-1-3-5-14/h1-9,11-12,16,22,25H,10,13H2,(H2,24,26,27)/t16-,22+/m0/s1. The molecule has 5 nitrogen and oxygen atoms in total. The molecule has 0 saturated heterocycles. The van der Waals surface area contributed by atoms with Crippen LogP contribution in [0.4, 0.5) is 4.39 Å². The first-order valence-corrected chi connectivity index (χ1v) is 10.7. The molecule has 4 rings (SSSR count). The predicted octanol–water partition coefficient (Wildman–Crippen LogP) is 3.42. The monoisotopic (exact) mass is 413 g/mol. The van der Waals surface area contributed by atoms with Gasteiger partial charge in [0.25, 0.3) is 0 Å². The van der Waals surface area contributed by atoms with Crippen molar-refractivity contribution in [1.82, 2.24) is 0 Å². The molecule has 1 aliphatic heterocycles. The van der Waals surface area contributed by atoms with E-state index >= 15 is 0 Å². The van der Waals surface area contributed by atoms with E-state index in [-0.39, 0.29) is 16.4 Å². The number of rotatable bonds is 4. The molecular formula is C22H20FNO4S. The first kappa shape index (κ1) is 19.6. The minimum Gasteiger partial charge on any atom is -0.493 e. The molecule has 0 aromatic heterocycles. The summed E-state index contributed by atoms with van der Waals surface area (Å²) in [5.74, 6) is -0.233. The quantitative estimate of drug-likeness (QED) is 0.686. The first-order chi connectivity index (χ1) is 13.8. The van der Waals surface area contributed by atoms with Crippen LogP contribution in [0.15, 0.2) is 71.6 Å². The van der Waals surface area contributed by atoms with E-state index < -0.39 is 21.9 Å². The van der Waals surface area contributed by atoms with Crippen molar-refractivity contribution in [1.29, 1.82) is 0 Å². The highest BCUT2D eigenvalue weighted by Crippen LogP contribution is 2.40. The number of nitrogens with two attached hydrogens (primary N) is 1. The van der Waals surface area contributed by atoms with Gasteiger partial charge in [-0.2, -0.15) is 0 Å². The predicted molar refractivity (Wildman–Crippen MR) is 107 cm³/mol. The van der Waals surface area contributed by atoms with Crippen molar-refractivity contribution < 1.29 is 22.7 Å². The van der Waals surface area contributed by atoms with Crippen LogP contribution < -0.4 is 9.88 Å². The number of halogens is 1. The van der Waals surface area contributed by atoms with Gasteiger partial charge >= 0.3 is 0 Å². The van der Waals surface area contributed by atoms with Crippen molar-refractivity contribution in [2.24, 2.45) is 11.1 Å². The summed E-state index contributed by atoms with van der Waals surface area (Å²) in [6, 6.07) is 18.1. The molecule has 0 bridgehead atoms. The maximum absolute atomic E-state index is 13.8. The molecule has 0 aliphatic carbocycles. The summed E-state index contributed by atoms with van der Waals surface area (Å²) in [5.41, 5.74) is 2.33. The number of aliphatic hydroxyl groups excluding tert-OH is 1. The van der Waals surface area contributed by atoms with Gasteiger partial charge in [-0.3, -0.25) is 0 Å². The van der Waals surface area contributed by atoms with Crippen molar-refractivity contribution in [2.75, 3.05) is 6.61 Å². The number of sulfonamides is 1. The Hall–Kier alpha value is -2.74. The lowest BCUT2D eigenvalue weighted by molar-refractivity contribution is 0.0508. The van der Waals surface area contributed by atoms with E-state index in [1.165, 1.54) is 0 Å². The average Bonchev–Trinajstić information content (AvgIpc) is 2.70. The molecule has 150 valence electrons. The molecule has 3 aromatic rings. The molecule has 3 N–H and O–H groups in total. The number of hydrogen-bond acceptors (Lipinski definition) is 4. The molecule has 7 heteroatoms. The fourth-order valence-electron chi connectivity index (χ4n) is 3.68. The molecule has 3 aromatic carbocycles. The van der Waals surface area contributed by atoms with Crippen molar-refractivity contribution >= 4 is 10.0 Å². The van der Waals surface area contributed by atoms with Crippen LogP contribution in [0.25, 0.3) is 11.1 Å². The first-order valence-electron chi connectivity index (χ1n) is 9.14. The minimum atomic E-state index is -4.03. The summed E-state index contributed by atoms with van der Waals surface area (Å²) in [4.78, 5) is -0.169. The van der Waals surface area contributed by atoms with Crippen LogP contribution in [0.2, 0.25) is 0 Å². The fourth-order valence-corrected chi connectivity index (χ4v) is 4.42. The SMILES string of the molecule is NS(=O)(=O)c1ccc(F)cc1-c1ccc2c(c1)OC[C@H](Cc1ccccc1)[C@H]2O. The Bertz CT molecular complexity index is 1150. The molecule has 0 radical (unpaired) electrons. The van der Waals surface area contributed by atoms with Gasteiger partial charge in [0.2, 0.25) is 10.0 Å². The maximum atomic E-state index is 13.8. The third-order valence-electron chi connectivity index (χ3n) is 5.13. The van der Waals surface area contributed by atoms with Crippen LogP contribution in [0.1, 0.15) is 17.2 Å². The Morgan fingerprint density at radius 3 is 2.55 bits per heavy atom. The van der Waals surface area contributed by atoms with Gasteiger partial charge in [-0.15, -0.1) is 0 Å². The lowest BCUT2D eigenvalue weighted by Crippen LogP contribution is -2.27. The Balaban J connectivity index is 1.67. The summed E-state index contributed by atoms with van der Waals surface area (Å²) < 4.78 is 43.4. The average molecular weight is 413 g/mol. The van der Waals surface area contributed by atoms with Crippen LogP contribution >= 0.6 is 0 Å². The number of fused-ring (bicyclic) bond motifs is 1. The van der Waals surface area contributed by atoms with Gasteiger partial charge < -0.3 is 9.84 Å². The second kappa shape index (κ2) is 7.59. The zero-order valence-corrected chi connectivity index (χ0v) is 16.3. The van der Waals surface area contributed by atoms with Gasteiger partial charge in [-0.05, 0) is 41.8 Å². The van der Waals surface area contributed by atoms with E-state index in [9.17, 15) is 17.9 Å². The lowest BCUT2D eigenvalue weighted by Gasteiger charge is -2.31. The molecule has 29 heavy (non-hydrogen) atoms. The topological polar surface area (TPSA) is 89.6 Å². The highest BCUT2D eigenvalue weighted by molar-refractivity contribution is 7.89. The van der Waals surface area contributed by atoms with Crippen molar-refractivity contribution in [3.63, 3.8) is 0 Å². The van der Waals surface area contributed by atoms with E-state index in [4.69, 9.17) is 9.88 Å². The van der Waals surface area contributed by atoms with Gasteiger partial charge in [0.05, 0.1) is 17.6 Å². The van der Waals surface area contributed by atoms with Gasteiger partial charge in [-0.25, -0.2) is 17.9 Å². The second-order valence-corrected chi connectivity index (χ2v) is 8.67. The van der Waals surface area contributed by atoms with Gasteiger partial charge in [-0.1, -0.05) is 42.5 Å². The number of hydrogen-bond donors (Lipinski definition) is 2. The molecule has 0 unspecified atom stereocenters. The van der Waals surface area contributed by atoms with Crippen molar-refractivity contribution in [3.05, 3.63) is 83.7 Å². The molecule has 0 saturated carbocycles. The number of ether oxygens (including phenoxy) is 1. The third-order valence-corrected chi connectivity index (χ3v) is 6.10. The van der Waals surface area contributed by atoms with Crippen LogP contribution in [0.5, 0.6) is 5.75 Å². The summed E-state index contributed by atoms with van der Waals surface area (Å²) in [6.07, 6.45) is -0.0546. The van der Waals surface area contributed by atoms with Crippen molar-refractivity contribution in [2.45, 2.75) is 17.4 Å². The highest BCUT2D eigenvalue weighted by atomic mass is 32.2. The van der Waals surface area contributed by atoms with Crippen LogP contribution in [0.3, 0.4) is 0 Å². The summed E-state index contributed by atoms with van der Waals surface area (Å²) in [5, 5.41) is 16.1. The fraction of sp³-hybridized carbons (Fsp3) is 0.182. The van der Waals surface area contributed by atoms with E-state index in [2.05, 4.69) is 0 Å². The highest BCUT2D eigenvalue weighted by Gasteiger charge is 2.30. The molecule has 1 heterocycles. The molecule has 0 amide bonds. The molecule has 1 aliphatic rings. The third kappa shape index (κ3) is 4.03. The Morgan fingerprint density at radius 1 is 1.07 bits per heavy atom. The van der Waals surface area contributed by atoms with Gasteiger partial charge in [0.1, 0.15) is 11.6 Å². The largest absolute Gasteiger partial charge is 0.493 e. The zero-order valence-electron chi connectivity index (χ0n) is 15.5. The number of primary sulfonamides is 1. The lowest BCUT2D eigenvalue weighted by atomic mass is 9.87. The van der Waals surface area contributed by atoms with Crippen LogP contribution in [0, 0.1) is 11.7 Å². The van der Waals surface area contributed by atoms with E-state index in [0.29, 0.717) is 29.9 Å². The molecule has 0 fully saturated rings. The van der Waals surface area contributed by atoms with E-state index in [1.807, 2.05) is 30.3 Å². The van der Waals surface area contributed by atoms with Crippen LogP contribution in [-0.2, 0) is 16.4 Å². The van der Waals surface area contributed by atoms with Crippen LogP contribution in [-0.4, -0.2) is 20.1 Å². The van der Waals surface area contributed by atoms with Gasteiger partial charge in [0.15, 0.2) is 0 Å². The van der Waals surface area contributed by atoms with Crippen molar-refractivity contribution in [3.8, 4) is 16.9 Å². The van der Waals surface area contributed by atoms with E-state index in [1.54, 1.807) is 18.2 Å². The summed E-state index contributed by atoms with van der Waals surface area (Å²) in [7, 11) is -4.03. The van der Waals surface area contributed by atoms with Gasteiger partial charge in [0, 0.05) is 17.0 Å². The molecule has 2 atom stereocenters. The normalized spacial score (nSPS) is 18.7. The smallest absolute Gasteiger partial charge is 0.238 e. The Kier molecular flexibility index (Phi) is 5.12. The number of benzene rings is 3. The molecule has 0 spiro atoms. The summed E-state index contributed by atoms with van der Waals surface area (Å²) >= 11 is 0. The Morgan fingerprint density at radius 2 is 1.83 bits per heavy atom.